The van der Waals surface area contributed by atoms with E-state index in [9.17, 15) is 18.7 Å². The van der Waals surface area contributed by atoms with Gasteiger partial charge in [-0.2, -0.15) is 0 Å². The first-order valence-electron chi connectivity index (χ1n) is 6.50. The van der Waals surface area contributed by atoms with Crippen LogP contribution in [0.5, 0.6) is 17.2 Å². The summed E-state index contributed by atoms with van der Waals surface area (Å²) in [5.74, 6) is -2.70. The number of halogens is 2. The van der Waals surface area contributed by atoms with Gasteiger partial charge in [0.05, 0.1) is 0 Å². The van der Waals surface area contributed by atoms with E-state index in [4.69, 9.17) is 10.5 Å². The highest BCUT2D eigenvalue weighted by molar-refractivity contribution is 6.00. The van der Waals surface area contributed by atoms with Gasteiger partial charge in [-0.25, -0.2) is 13.8 Å². The SMILES string of the molecule is NC(=O)c1ncc2cc(Oc3ccc(F)c(F)c3)ccc2c1O. The van der Waals surface area contributed by atoms with Gasteiger partial charge >= 0.3 is 0 Å². The van der Waals surface area contributed by atoms with Gasteiger partial charge < -0.3 is 15.6 Å². The number of primary amides is 1. The van der Waals surface area contributed by atoms with Crippen molar-refractivity contribution in [2.24, 2.45) is 5.73 Å². The molecular weight excluding hydrogens is 306 g/mol. The van der Waals surface area contributed by atoms with Crippen LogP contribution in [-0.4, -0.2) is 16.0 Å². The molecule has 0 unspecified atom stereocenters. The standard InChI is InChI=1S/C16H10F2N2O3/c17-12-4-2-10(6-13(12)18)23-9-1-3-11-8(5-9)7-20-14(15(11)21)16(19)22/h1-7,21H,(H2,19,22). The highest BCUT2D eigenvalue weighted by atomic mass is 19.2. The Morgan fingerprint density at radius 3 is 2.48 bits per heavy atom. The zero-order valence-corrected chi connectivity index (χ0v) is 11.6. The number of aromatic nitrogens is 1. The number of rotatable bonds is 3. The molecule has 3 rings (SSSR count). The molecule has 7 heteroatoms. The van der Waals surface area contributed by atoms with Crippen molar-refractivity contribution >= 4 is 16.7 Å². The molecule has 0 saturated carbocycles. The minimum absolute atomic E-state index is 0.120. The molecule has 1 aromatic heterocycles. The Bertz CT molecular complexity index is 929. The van der Waals surface area contributed by atoms with Crippen molar-refractivity contribution in [3.8, 4) is 17.2 Å². The summed E-state index contributed by atoms with van der Waals surface area (Å²) in [7, 11) is 0. The van der Waals surface area contributed by atoms with Crippen LogP contribution < -0.4 is 10.5 Å². The van der Waals surface area contributed by atoms with E-state index in [1.165, 1.54) is 30.5 Å². The van der Waals surface area contributed by atoms with Crippen molar-refractivity contribution in [3.05, 3.63) is 59.9 Å². The molecule has 5 nitrogen and oxygen atoms in total. The van der Waals surface area contributed by atoms with Gasteiger partial charge in [-0.3, -0.25) is 4.79 Å². The maximum Gasteiger partial charge on any atom is 0.271 e. The third kappa shape index (κ3) is 2.76. The number of hydrogen-bond acceptors (Lipinski definition) is 4. The van der Waals surface area contributed by atoms with Crippen LogP contribution in [0.1, 0.15) is 10.5 Å². The first-order valence-corrected chi connectivity index (χ1v) is 6.50. The summed E-state index contributed by atoms with van der Waals surface area (Å²) in [6.45, 7) is 0. The smallest absolute Gasteiger partial charge is 0.271 e. The van der Waals surface area contributed by atoms with Crippen LogP contribution in [0.2, 0.25) is 0 Å². The average molecular weight is 316 g/mol. The summed E-state index contributed by atoms with van der Waals surface area (Å²) in [4.78, 5) is 14.9. The predicted octanol–water partition coefficient (Wildman–Crippen LogP) is 3.11. The molecule has 3 aromatic rings. The topological polar surface area (TPSA) is 85.4 Å². The number of amides is 1. The Balaban J connectivity index is 1.98. The van der Waals surface area contributed by atoms with E-state index in [-0.39, 0.29) is 17.2 Å². The highest BCUT2D eigenvalue weighted by Crippen LogP contribution is 2.31. The first kappa shape index (κ1) is 14.7. The third-order valence-electron chi connectivity index (χ3n) is 3.20. The van der Waals surface area contributed by atoms with Crippen molar-refractivity contribution in [1.82, 2.24) is 4.98 Å². The normalized spacial score (nSPS) is 10.7. The molecular formula is C16H10F2N2O3. The van der Waals surface area contributed by atoms with Crippen LogP contribution in [0.15, 0.2) is 42.6 Å². The second-order valence-corrected chi connectivity index (χ2v) is 4.75. The molecule has 0 aliphatic carbocycles. The summed E-state index contributed by atoms with van der Waals surface area (Å²) in [6.07, 6.45) is 1.35. The zero-order valence-electron chi connectivity index (χ0n) is 11.6. The minimum Gasteiger partial charge on any atom is -0.505 e. The summed E-state index contributed by atoms with van der Waals surface area (Å²) in [5, 5.41) is 10.8. The molecule has 23 heavy (non-hydrogen) atoms. The quantitative estimate of drug-likeness (QED) is 0.777. The summed E-state index contributed by atoms with van der Waals surface area (Å²) in [5.41, 5.74) is 4.88. The average Bonchev–Trinajstić information content (AvgIpc) is 2.51. The second-order valence-electron chi connectivity index (χ2n) is 4.75. The van der Waals surface area contributed by atoms with Gasteiger partial charge in [0.25, 0.3) is 5.91 Å². The fourth-order valence-electron chi connectivity index (χ4n) is 2.11. The van der Waals surface area contributed by atoms with E-state index < -0.39 is 17.5 Å². The van der Waals surface area contributed by atoms with Crippen LogP contribution in [0, 0.1) is 11.6 Å². The molecule has 1 amide bonds. The van der Waals surface area contributed by atoms with Gasteiger partial charge in [0, 0.05) is 23.0 Å². The van der Waals surface area contributed by atoms with Crippen molar-refractivity contribution < 1.29 is 23.4 Å². The van der Waals surface area contributed by atoms with Gasteiger partial charge in [0.2, 0.25) is 0 Å². The van der Waals surface area contributed by atoms with E-state index in [0.717, 1.165) is 12.1 Å². The summed E-state index contributed by atoms with van der Waals surface area (Å²) >= 11 is 0. The molecule has 3 N–H and O–H groups in total. The number of nitrogens with zero attached hydrogens (tertiary/aromatic N) is 1. The molecule has 0 fully saturated rings. The van der Waals surface area contributed by atoms with Gasteiger partial charge in [0.1, 0.15) is 11.5 Å². The van der Waals surface area contributed by atoms with E-state index >= 15 is 0 Å². The van der Waals surface area contributed by atoms with Crippen molar-refractivity contribution in [3.63, 3.8) is 0 Å². The number of fused-ring (bicyclic) bond motifs is 1. The Morgan fingerprint density at radius 2 is 1.78 bits per heavy atom. The fraction of sp³-hybridized carbons (Fsp3) is 0. The Morgan fingerprint density at radius 1 is 1.09 bits per heavy atom. The summed E-state index contributed by atoms with van der Waals surface area (Å²) in [6, 6.07) is 7.72. The number of carbonyl (C=O) groups is 1. The fourth-order valence-corrected chi connectivity index (χ4v) is 2.11. The Kier molecular flexibility index (Phi) is 3.53. The molecule has 116 valence electrons. The van der Waals surface area contributed by atoms with Crippen LogP contribution in [0.25, 0.3) is 10.8 Å². The monoisotopic (exact) mass is 316 g/mol. The molecule has 0 atom stereocenters. The molecule has 0 saturated heterocycles. The third-order valence-corrected chi connectivity index (χ3v) is 3.20. The first-order chi connectivity index (χ1) is 11.0. The van der Waals surface area contributed by atoms with E-state index in [1.54, 1.807) is 0 Å². The maximum absolute atomic E-state index is 13.2. The minimum atomic E-state index is -1.02. The lowest BCUT2D eigenvalue weighted by molar-refractivity contribution is 0.0993. The number of nitrogens with two attached hydrogens (primary N) is 1. The number of aromatic hydroxyl groups is 1. The predicted molar refractivity (Wildman–Crippen MR) is 78.4 cm³/mol. The number of benzene rings is 2. The number of carbonyl (C=O) groups excluding carboxylic acids is 1. The molecule has 2 aromatic carbocycles. The van der Waals surface area contributed by atoms with E-state index in [1.807, 2.05) is 0 Å². The molecule has 0 aliphatic rings. The van der Waals surface area contributed by atoms with Gasteiger partial charge in [-0.05, 0) is 30.3 Å². The van der Waals surface area contributed by atoms with E-state index in [2.05, 4.69) is 4.98 Å². The summed E-state index contributed by atoms with van der Waals surface area (Å²) < 4.78 is 31.5. The van der Waals surface area contributed by atoms with Gasteiger partial charge in [-0.15, -0.1) is 0 Å². The van der Waals surface area contributed by atoms with Crippen molar-refractivity contribution in [1.29, 1.82) is 0 Å². The Labute approximate surface area is 128 Å². The maximum atomic E-state index is 13.2. The van der Waals surface area contributed by atoms with Gasteiger partial charge in [0.15, 0.2) is 23.1 Å². The Hall–Kier alpha value is -3.22. The lowest BCUT2D eigenvalue weighted by Gasteiger charge is -2.09. The second kappa shape index (κ2) is 5.53. The number of pyridine rings is 1. The van der Waals surface area contributed by atoms with Crippen molar-refractivity contribution in [2.45, 2.75) is 0 Å². The van der Waals surface area contributed by atoms with Crippen LogP contribution in [0.4, 0.5) is 8.78 Å². The van der Waals surface area contributed by atoms with Crippen LogP contribution >= 0.6 is 0 Å². The molecule has 0 radical (unpaired) electrons. The molecule has 0 aliphatic heterocycles. The lowest BCUT2D eigenvalue weighted by atomic mass is 10.1. The van der Waals surface area contributed by atoms with E-state index in [0.29, 0.717) is 16.5 Å². The largest absolute Gasteiger partial charge is 0.505 e. The molecule has 0 bridgehead atoms. The highest BCUT2D eigenvalue weighted by Gasteiger charge is 2.13. The molecule has 1 heterocycles. The van der Waals surface area contributed by atoms with Crippen LogP contribution in [0.3, 0.4) is 0 Å². The number of hydrogen-bond donors (Lipinski definition) is 2. The van der Waals surface area contributed by atoms with Crippen molar-refractivity contribution in [2.75, 3.05) is 0 Å². The number of ether oxygens (including phenoxy) is 1. The zero-order chi connectivity index (χ0) is 16.6. The van der Waals surface area contributed by atoms with Crippen LogP contribution in [-0.2, 0) is 0 Å². The molecule has 0 spiro atoms. The lowest BCUT2D eigenvalue weighted by Crippen LogP contribution is -2.13. The van der Waals surface area contributed by atoms with Gasteiger partial charge in [-0.1, -0.05) is 0 Å².